The Morgan fingerprint density at radius 3 is 1.67 bits per heavy atom. The van der Waals surface area contributed by atoms with E-state index in [0.717, 1.165) is 59.9 Å². The Kier molecular flexibility index (Phi) is 12.8. The van der Waals surface area contributed by atoms with Crippen LogP contribution in [0.3, 0.4) is 0 Å². The molecule has 9 nitrogen and oxygen atoms in total. The lowest BCUT2D eigenvalue weighted by Gasteiger charge is -2.47. The number of phosphoric acid groups is 1. The second-order valence-corrected chi connectivity index (χ2v) is 14.9. The van der Waals surface area contributed by atoms with Gasteiger partial charge in [0.2, 0.25) is 0 Å². The molecule has 5 atom stereocenters. The molecule has 270 valence electrons. The van der Waals surface area contributed by atoms with E-state index in [2.05, 4.69) is 0 Å². The third kappa shape index (κ3) is 10.0. The lowest BCUT2D eigenvalue weighted by atomic mass is 9.96. The lowest BCUT2D eigenvalue weighted by Crippen LogP contribution is -2.62. The molecule has 0 radical (unpaired) electrons. The van der Waals surface area contributed by atoms with Gasteiger partial charge >= 0.3 is 7.82 Å². The Bertz CT molecular complexity index is 1640. The highest BCUT2D eigenvalue weighted by Gasteiger charge is 2.53. The summed E-state index contributed by atoms with van der Waals surface area (Å²) in [6.45, 7) is 1.30. The molecular formula is C41H47O9P. The van der Waals surface area contributed by atoms with Crippen molar-refractivity contribution in [3.05, 3.63) is 143 Å². The highest BCUT2D eigenvalue weighted by atomic mass is 31.2. The second-order valence-electron chi connectivity index (χ2n) is 13.3. The molecular weight excluding hydrogens is 667 g/mol. The van der Waals surface area contributed by atoms with Gasteiger partial charge in [-0.15, -0.1) is 0 Å². The second kappa shape index (κ2) is 18.0. The monoisotopic (exact) mass is 714 g/mol. The van der Waals surface area contributed by atoms with Crippen LogP contribution in [-0.4, -0.2) is 43.4 Å². The Hall–Kier alpha value is -3.21. The van der Waals surface area contributed by atoms with Crippen LogP contribution < -0.4 is 0 Å². The first kappa shape index (κ1) is 36.2. The molecule has 0 N–H and O–H groups in total. The normalized spacial score (nSPS) is 25.1. The third-order valence-electron chi connectivity index (χ3n) is 9.56. The van der Waals surface area contributed by atoms with Crippen LogP contribution in [0.2, 0.25) is 0 Å². The molecule has 4 aromatic rings. The molecule has 5 unspecified atom stereocenters. The van der Waals surface area contributed by atoms with Gasteiger partial charge in [0, 0.05) is 0 Å². The number of hydrogen-bond acceptors (Lipinski definition) is 9. The Labute approximate surface area is 300 Å². The van der Waals surface area contributed by atoms with Crippen molar-refractivity contribution in [2.75, 3.05) is 6.61 Å². The molecule has 0 bridgehead atoms. The zero-order chi connectivity index (χ0) is 34.7. The SMILES string of the molecule is O=P1(OC2C(OC3CCCCC3)OC(COCc3ccccc3)C(OCc3ccccc3)C2OCc2ccccc2)OCc2ccccc2CO1. The van der Waals surface area contributed by atoms with E-state index in [1.54, 1.807) is 0 Å². The lowest BCUT2D eigenvalue weighted by molar-refractivity contribution is -0.325. The predicted octanol–water partition coefficient (Wildman–Crippen LogP) is 8.69. The van der Waals surface area contributed by atoms with Crippen molar-refractivity contribution in [2.24, 2.45) is 0 Å². The van der Waals surface area contributed by atoms with Crippen LogP contribution in [0.5, 0.6) is 0 Å². The molecule has 0 amide bonds. The molecule has 1 aliphatic carbocycles. The van der Waals surface area contributed by atoms with Gasteiger partial charge in [-0.3, -0.25) is 13.6 Å². The zero-order valence-electron chi connectivity index (χ0n) is 28.8. The summed E-state index contributed by atoms with van der Waals surface area (Å²) in [5.74, 6) is 0. The molecule has 2 fully saturated rings. The molecule has 51 heavy (non-hydrogen) atoms. The first-order valence-electron chi connectivity index (χ1n) is 18.0. The number of ether oxygens (including phenoxy) is 5. The Balaban J connectivity index is 1.21. The summed E-state index contributed by atoms with van der Waals surface area (Å²) in [6.07, 6.45) is 0.938. The van der Waals surface area contributed by atoms with E-state index in [4.69, 9.17) is 37.3 Å². The summed E-state index contributed by atoms with van der Waals surface area (Å²) in [7, 11) is -4.14. The van der Waals surface area contributed by atoms with Crippen molar-refractivity contribution in [1.82, 2.24) is 0 Å². The molecule has 1 saturated heterocycles. The van der Waals surface area contributed by atoms with Crippen molar-refractivity contribution in [3.8, 4) is 0 Å². The van der Waals surface area contributed by atoms with Gasteiger partial charge in [0.25, 0.3) is 0 Å². The summed E-state index contributed by atoms with van der Waals surface area (Å²) in [5.41, 5.74) is 4.79. The molecule has 2 aliphatic heterocycles. The predicted molar refractivity (Wildman–Crippen MR) is 191 cm³/mol. The molecule has 2 heterocycles. The van der Waals surface area contributed by atoms with Crippen molar-refractivity contribution >= 4 is 7.82 Å². The van der Waals surface area contributed by atoms with Crippen molar-refractivity contribution in [2.45, 2.75) is 102 Å². The number of fused-ring (bicyclic) bond motifs is 1. The van der Waals surface area contributed by atoms with Crippen LogP contribution in [0.1, 0.15) is 59.9 Å². The van der Waals surface area contributed by atoms with E-state index in [9.17, 15) is 4.57 Å². The number of benzene rings is 4. The van der Waals surface area contributed by atoms with E-state index >= 15 is 0 Å². The summed E-state index contributed by atoms with van der Waals surface area (Å²) >= 11 is 0. The minimum Gasteiger partial charge on any atom is -0.374 e. The van der Waals surface area contributed by atoms with Crippen molar-refractivity contribution < 1.29 is 41.8 Å². The molecule has 1 saturated carbocycles. The molecule has 0 aromatic heterocycles. The van der Waals surface area contributed by atoms with E-state index in [1.807, 2.05) is 115 Å². The van der Waals surface area contributed by atoms with Crippen molar-refractivity contribution in [3.63, 3.8) is 0 Å². The zero-order valence-corrected chi connectivity index (χ0v) is 29.7. The van der Waals surface area contributed by atoms with Gasteiger partial charge in [-0.1, -0.05) is 135 Å². The average Bonchev–Trinajstić information content (AvgIpc) is 3.35. The van der Waals surface area contributed by atoms with Gasteiger partial charge < -0.3 is 23.7 Å². The fourth-order valence-electron chi connectivity index (χ4n) is 6.80. The number of hydrogen-bond donors (Lipinski definition) is 0. The van der Waals surface area contributed by atoms with Gasteiger partial charge in [0.1, 0.15) is 24.4 Å². The maximum atomic E-state index is 14.4. The van der Waals surface area contributed by atoms with Crippen LogP contribution in [0.15, 0.2) is 115 Å². The first-order chi connectivity index (χ1) is 25.1. The van der Waals surface area contributed by atoms with Crippen LogP contribution in [0, 0.1) is 0 Å². The Morgan fingerprint density at radius 1 is 0.588 bits per heavy atom. The summed E-state index contributed by atoms with van der Waals surface area (Å²) in [6, 6.07) is 37.6. The molecule has 3 aliphatic rings. The Morgan fingerprint density at radius 2 is 1.10 bits per heavy atom. The highest BCUT2D eigenvalue weighted by Crippen LogP contribution is 2.55. The topological polar surface area (TPSA) is 90.9 Å². The molecule has 7 rings (SSSR count). The smallest absolute Gasteiger partial charge is 0.374 e. The first-order valence-corrected chi connectivity index (χ1v) is 19.5. The molecule has 0 spiro atoms. The van der Waals surface area contributed by atoms with Crippen molar-refractivity contribution in [1.29, 1.82) is 0 Å². The number of rotatable bonds is 14. The summed E-state index contributed by atoms with van der Waals surface area (Å²) < 4.78 is 66.2. The van der Waals surface area contributed by atoms with Gasteiger partial charge in [-0.2, -0.15) is 0 Å². The van der Waals surface area contributed by atoms with Crippen LogP contribution in [-0.2, 0) is 74.9 Å². The fraction of sp³-hybridized carbons (Fsp3) is 0.415. The quantitative estimate of drug-likeness (QED) is 0.119. The van der Waals surface area contributed by atoms with Gasteiger partial charge in [0.15, 0.2) is 6.29 Å². The maximum Gasteiger partial charge on any atom is 0.475 e. The number of phosphoric ester groups is 1. The van der Waals surface area contributed by atoms with E-state index in [1.165, 1.54) is 0 Å². The van der Waals surface area contributed by atoms with E-state index < -0.39 is 38.5 Å². The summed E-state index contributed by atoms with van der Waals surface area (Å²) in [4.78, 5) is 0. The van der Waals surface area contributed by atoms with Gasteiger partial charge in [-0.25, -0.2) is 4.57 Å². The minimum atomic E-state index is -4.14. The summed E-state index contributed by atoms with van der Waals surface area (Å²) in [5, 5.41) is 0. The molecule has 10 heteroatoms. The van der Waals surface area contributed by atoms with Gasteiger partial charge in [0.05, 0.1) is 45.7 Å². The van der Waals surface area contributed by atoms with Crippen LogP contribution in [0.25, 0.3) is 0 Å². The average molecular weight is 715 g/mol. The van der Waals surface area contributed by atoms with Crippen LogP contribution in [0.4, 0.5) is 0 Å². The molecule has 4 aromatic carbocycles. The fourth-order valence-corrected chi connectivity index (χ4v) is 8.11. The minimum absolute atomic E-state index is 0.0570. The third-order valence-corrected chi connectivity index (χ3v) is 11.0. The largest absolute Gasteiger partial charge is 0.475 e. The van der Waals surface area contributed by atoms with E-state index in [-0.39, 0.29) is 39.1 Å². The standard InChI is InChI=1S/C41H47O9P/c42-51(46-28-34-21-13-14-22-35(34)29-47-51)50-40-39(45-27-33-19-9-3-10-20-33)38(44-26-32-17-7-2-8-18-32)37(30-43-25-31-15-5-1-6-16-31)49-41(40)48-36-23-11-4-12-24-36/h1-3,5-10,13-22,36-41H,4,11-12,23-30H2. The van der Waals surface area contributed by atoms with Crippen LogP contribution >= 0.6 is 7.82 Å². The maximum absolute atomic E-state index is 14.4. The van der Waals surface area contributed by atoms with E-state index in [0.29, 0.717) is 6.61 Å². The van der Waals surface area contributed by atoms with Gasteiger partial charge in [-0.05, 0) is 40.7 Å². The highest BCUT2D eigenvalue weighted by molar-refractivity contribution is 7.48.